The Morgan fingerprint density at radius 3 is 1.82 bits per heavy atom. The fourth-order valence-electron chi connectivity index (χ4n) is 3.63. The Bertz CT molecular complexity index is 854. The van der Waals surface area contributed by atoms with E-state index in [0.717, 1.165) is 11.1 Å². The highest BCUT2D eigenvalue weighted by atomic mass is 28.4. The van der Waals surface area contributed by atoms with Crippen molar-refractivity contribution in [1.29, 1.82) is 0 Å². The van der Waals surface area contributed by atoms with E-state index in [-0.39, 0.29) is 11.6 Å². The van der Waals surface area contributed by atoms with Crippen molar-refractivity contribution in [3.8, 4) is 0 Å². The number of hydrogen-bond acceptors (Lipinski definition) is 6. The van der Waals surface area contributed by atoms with Crippen LogP contribution in [0, 0.1) is 0 Å². The molecule has 0 bridgehead atoms. The van der Waals surface area contributed by atoms with Gasteiger partial charge in [-0.15, -0.1) is 0 Å². The normalized spacial score (nSPS) is 25.9. The average molecular weight is 489 g/mol. The molecule has 7 heteroatoms. The van der Waals surface area contributed by atoms with E-state index in [4.69, 9.17) is 23.4 Å². The third kappa shape index (κ3) is 6.98. The minimum absolute atomic E-state index is 0.0534. The molecular weight excluding hydrogens is 448 g/mol. The van der Waals surface area contributed by atoms with E-state index in [1.807, 2.05) is 60.7 Å². The number of aliphatic hydroxyl groups is 1. The molecule has 1 saturated heterocycles. The SMILES string of the molecule is CO[C@H]1O[C@H](CO[Si](C)(C)C(C)(C)C)[C@@H](O)[C@H](OCc2ccccc2)[C@H]1OCc1ccccc1. The second-order valence-corrected chi connectivity index (χ2v) is 15.2. The van der Waals surface area contributed by atoms with Crippen molar-refractivity contribution in [1.82, 2.24) is 0 Å². The van der Waals surface area contributed by atoms with Crippen molar-refractivity contribution < 1.29 is 28.5 Å². The molecule has 1 aliphatic heterocycles. The molecule has 1 N–H and O–H groups in total. The Morgan fingerprint density at radius 2 is 1.35 bits per heavy atom. The molecule has 34 heavy (non-hydrogen) atoms. The fraction of sp³-hybridized carbons (Fsp3) is 0.556. The topological polar surface area (TPSA) is 66.4 Å². The van der Waals surface area contributed by atoms with Crippen LogP contribution in [0.25, 0.3) is 0 Å². The first-order chi connectivity index (χ1) is 16.1. The number of aliphatic hydroxyl groups excluding tert-OH is 1. The first-order valence-corrected chi connectivity index (χ1v) is 14.8. The molecule has 1 aliphatic rings. The zero-order chi connectivity index (χ0) is 24.8. The lowest BCUT2D eigenvalue weighted by Crippen LogP contribution is -2.61. The molecule has 5 atom stereocenters. The Morgan fingerprint density at radius 1 is 0.853 bits per heavy atom. The van der Waals surface area contributed by atoms with Gasteiger partial charge >= 0.3 is 0 Å². The van der Waals surface area contributed by atoms with Crippen LogP contribution in [0.5, 0.6) is 0 Å². The predicted octanol–water partition coefficient (Wildman–Crippen LogP) is 4.91. The van der Waals surface area contributed by atoms with Crippen molar-refractivity contribution >= 4 is 8.32 Å². The lowest BCUT2D eigenvalue weighted by molar-refractivity contribution is -0.313. The molecule has 3 rings (SSSR count). The second kappa shape index (κ2) is 11.9. The van der Waals surface area contributed by atoms with Gasteiger partial charge in [-0.05, 0) is 29.3 Å². The fourth-order valence-corrected chi connectivity index (χ4v) is 4.64. The van der Waals surface area contributed by atoms with Crippen LogP contribution in [0.4, 0.5) is 0 Å². The molecule has 0 spiro atoms. The Kier molecular flexibility index (Phi) is 9.46. The van der Waals surface area contributed by atoms with E-state index in [0.29, 0.717) is 13.2 Å². The highest BCUT2D eigenvalue weighted by Gasteiger charge is 2.48. The number of hydrogen-bond donors (Lipinski definition) is 1. The summed E-state index contributed by atoms with van der Waals surface area (Å²) in [6, 6.07) is 19.8. The Labute approximate surface area is 205 Å². The first-order valence-electron chi connectivity index (χ1n) is 11.9. The molecule has 0 unspecified atom stereocenters. The van der Waals surface area contributed by atoms with E-state index in [9.17, 15) is 5.11 Å². The number of methoxy groups -OCH3 is 1. The van der Waals surface area contributed by atoms with Crippen LogP contribution < -0.4 is 0 Å². The predicted molar refractivity (Wildman–Crippen MR) is 135 cm³/mol. The first kappa shape index (κ1) is 27.0. The molecule has 6 nitrogen and oxygen atoms in total. The van der Waals surface area contributed by atoms with Gasteiger partial charge in [-0.3, -0.25) is 0 Å². The highest BCUT2D eigenvalue weighted by Crippen LogP contribution is 2.37. The van der Waals surface area contributed by atoms with Crippen molar-refractivity contribution in [2.45, 2.75) is 82.8 Å². The second-order valence-electron chi connectivity index (χ2n) is 10.4. The molecule has 0 amide bonds. The van der Waals surface area contributed by atoms with Crippen LogP contribution in [-0.4, -0.2) is 57.8 Å². The molecule has 0 aliphatic carbocycles. The van der Waals surface area contributed by atoms with Crippen LogP contribution in [0.1, 0.15) is 31.9 Å². The highest BCUT2D eigenvalue weighted by molar-refractivity contribution is 6.74. The van der Waals surface area contributed by atoms with Gasteiger partial charge in [0.25, 0.3) is 0 Å². The van der Waals surface area contributed by atoms with E-state index in [1.54, 1.807) is 7.11 Å². The molecule has 2 aromatic carbocycles. The maximum absolute atomic E-state index is 11.3. The van der Waals surface area contributed by atoms with Gasteiger partial charge in [0.05, 0.1) is 19.8 Å². The Hall–Kier alpha value is -1.58. The van der Waals surface area contributed by atoms with Crippen LogP contribution in [0.15, 0.2) is 60.7 Å². The van der Waals surface area contributed by atoms with E-state index < -0.39 is 39.0 Å². The lowest BCUT2D eigenvalue weighted by Gasteiger charge is -2.45. The largest absolute Gasteiger partial charge is 0.414 e. The summed E-state index contributed by atoms with van der Waals surface area (Å²) >= 11 is 0. The van der Waals surface area contributed by atoms with Crippen molar-refractivity contribution in [3.05, 3.63) is 71.8 Å². The van der Waals surface area contributed by atoms with Crippen LogP contribution >= 0.6 is 0 Å². The standard InChI is InChI=1S/C27H40O6Si/c1-27(2,3)34(5,6)32-19-22-23(28)24(30-17-20-13-9-7-10-14-20)25(26(29-4)33-22)31-18-21-15-11-8-12-16-21/h7-16,22-26,28H,17-19H2,1-6H3/t22-,23-,24+,25-,26+/m1/s1. The van der Waals surface area contributed by atoms with E-state index in [1.165, 1.54) is 0 Å². The van der Waals surface area contributed by atoms with Gasteiger partial charge in [-0.2, -0.15) is 0 Å². The summed E-state index contributed by atoms with van der Waals surface area (Å²) in [6.45, 7) is 11.9. The average Bonchev–Trinajstić information content (AvgIpc) is 2.82. The molecule has 2 aromatic rings. The zero-order valence-electron chi connectivity index (χ0n) is 21.3. The van der Waals surface area contributed by atoms with E-state index >= 15 is 0 Å². The molecule has 0 radical (unpaired) electrons. The van der Waals surface area contributed by atoms with Crippen LogP contribution in [-0.2, 0) is 36.6 Å². The third-order valence-electron chi connectivity index (χ3n) is 6.84. The summed E-state index contributed by atoms with van der Waals surface area (Å²) < 4.78 is 30.7. The minimum Gasteiger partial charge on any atom is -0.414 e. The van der Waals surface area contributed by atoms with Gasteiger partial charge in [-0.1, -0.05) is 81.4 Å². The zero-order valence-corrected chi connectivity index (χ0v) is 22.3. The van der Waals surface area contributed by atoms with E-state index in [2.05, 4.69) is 33.9 Å². The number of ether oxygens (including phenoxy) is 4. The summed E-state index contributed by atoms with van der Waals surface area (Å²) in [6.07, 6.45) is -3.46. The van der Waals surface area contributed by atoms with Crippen molar-refractivity contribution in [2.75, 3.05) is 13.7 Å². The number of rotatable bonds is 10. The van der Waals surface area contributed by atoms with Crippen molar-refractivity contribution in [2.24, 2.45) is 0 Å². The summed E-state index contributed by atoms with van der Waals surface area (Å²) in [5.41, 5.74) is 2.04. The monoisotopic (exact) mass is 488 g/mol. The summed E-state index contributed by atoms with van der Waals surface area (Å²) in [7, 11) is -0.440. The molecule has 1 fully saturated rings. The maximum atomic E-state index is 11.3. The van der Waals surface area contributed by atoms with Crippen LogP contribution in [0.3, 0.4) is 0 Å². The summed E-state index contributed by atoms with van der Waals surface area (Å²) in [4.78, 5) is 0. The maximum Gasteiger partial charge on any atom is 0.192 e. The molecule has 188 valence electrons. The lowest BCUT2D eigenvalue weighted by atomic mass is 9.98. The minimum atomic E-state index is -2.02. The summed E-state index contributed by atoms with van der Waals surface area (Å²) in [5, 5.41) is 11.4. The number of benzene rings is 2. The quantitative estimate of drug-likeness (QED) is 0.479. The Balaban J connectivity index is 1.76. The van der Waals surface area contributed by atoms with Gasteiger partial charge in [0.2, 0.25) is 0 Å². The molecule has 1 heterocycles. The molecule has 0 saturated carbocycles. The van der Waals surface area contributed by atoms with Crippen molar-refractivity contribution in [3.63, 3.8) is 0 Å². The van der Waals surface area contributed by atoms with Gasteiger partial charge in [0.15, 0.2) is 14.6 Å². The third-order valence-corrected chi connectivity index (χ3v) is 11.3. The summed E-state index contributed by atoms with van der Waals surface area (Å²) in [5.74, 6) is 0. The van der Waals surface area contributed by atoms with Crippen LogP contribution in [0.2, 0.25) is 18.1 Å². The van der Waals surface area contributed by atoms with Gasteiger partial charge < -0.3 is 28.5 Å². The smallest absolute Gasteiger partial charge is 0.192 e. The van der Waals surface area contributed by atoms with Gasteiger partial charge in [-0.25, -0.2) is 0 Å². The van der Waals surface area contributed by atoms with Gasteiger partial charge in [0.1, 0.15) is 24.4 Å². The molecular formula is C27H40O6Si. The molecule has 0 aromatic heterocycles. The van der Waals surface area contributed by atoms with Gasteiger partial charge in [0, 0.05) is 7.11 Å².